The fourth-order valence-electron chi connectivity index (χ4n) is 8.82. The van der Waals surface area contributed by atoms with Crippen molar-refractivity contribution < 1.29 is 0 Å². The van der Waals surface area contributed by atoms with Crippen LogP contribution in [0.3, 0.4) is 0 Å². The quantitative estimate of drug-likeness (QED) is 0.133. The first-order valence-electron chi connectivity index (χ1n) is 18.6. The van der Waals surface area contributed by atoms with Gasteiger partial charge in [-0.25, -0.2) is 0 Å². The maximum Gasteiger partial charge on any atom is 0.0786 e. The lowest BCUT2D eigenvalue weighted by molar-refractivity contribution is 1.43. The average molecular weight is 684 g/mol. The van der Waals surface area contributed by atoms with Crippen LogP contribution in [0.15, 0.2) is 200 Å². The van der Waals surface area contributed by atoms with Gasteiger partial charge in [0.15, 0.2) is 0 Å². The minimum Gasteiger partial charge on any atom is -0.256 e. The molecular weight excluding hydrogens is 651 g/mol. The SMILES string of the molecule is c1ccc2c(-c3c4ccccc4c(-c4cccc5ccccc45)c4cc(-c5ccc(-c6cccc7ccc8cccnc8c67)cc5)ccc34)cccc2c1. The van der Waals surface area contributed by atoms with Crippen molar-refractivity contribution in [1.82, 2.24) is 4.98 Å². The molecule has 0 saturated heterocycles. The summed E-state index contributed by atoms with van der Waals surface area (Å²) in [5, 5.41) is 13.6. The van der Waals surface area contributed by atoms with Crippen molar-refractivity contribution in [3.05, 3.63) is 200 Å². The van der Waals surface area contributed by atoms with Gasteiger partial charge in [0.2, 0.25) is 0 Å². The van der Waals surface area contributed by atoms with Crippen molar-refractivity contribution in [2.75, 3.05) is 0 Å². The Labute approximate surface area is 313 Å². The Kier molecular flexibility index (Phi) is 6.93. The molecule has 250 valence electrons. The largest absolute Gasteiger partial charge is 0.256 e. The molecule has 11 aromatic rings. The van der Waals surface area contributed by atoms with Gasteiger partial charge in [0.1, 0.15) is 0 Å². The molecule has 0 unspecified atom stereocenters. The predicted octanol–water partition coefficient (Wildman–Crippen LogP) is 14.7. The number of hydrogen-bond donors (Lipinski definition) is 0. The van der Waals surface area contributed by atoms with Crippen molar-refractivity contribution in [2.45, 2.75) is 0 Å². The van der Waals surface area contributed by atoms with Crippen LogP contribution in [0.25, 0.3) is 109 Å². The molecule has 1 heterocycles. The minimum atomic E-state index is 1.04. The van der Waals surface area contributed by atoms with Crippen LogP contribution in [0.4, 0.5) is 0 Å². The Morgan fingerprint density at radius 1 is 0.278 bits per heavy atom. The molecule has 0 N–H and O–H groups in total. The summed E-state index contributed by atoms with van der Waals surface area (Å²) >= 11 is 0. The van der Waals surface area contributed by atoms with Crippen LogP contribution in [-0.4, -0.2) is 4.98 Å². The summed E-state index contributed by atoms with van der Waals surface area (Å²) < 4.78 is 0. The van der Waals surface area contributed by atoms with Gasteiger partial charge in [-0.3, -0.25) is 4.98 Å². The molecule has 0 atom stereocenters. The zero-order chi connectivity index (χ0) is 35.6. The van der Waals surface area contributed by atoms with E-state index in [1.807, 2.05) is 12.3 Å². The Morgan fingerprint density at radius 2 is 0.759 bits per heavy atom. The van der Waals surface area contributed by atoms with E-state index in [1.54, 1.807) is 0 Å². The Balaban J connectivity index is 1.17. The van der Waals surface area contributed by atoms with E-state index in [2.05, 4.69) is 188 Å². The molecule has 0 fully saturated rings. The smallest absolute Gasteiger partial charge is 0.0786 e. The van der Waals surface area contributed by atoms with Crippen LogP contribution in [0.1, 0.15) is 0 Å². The Hall–Kier alpha value is -7.09. The maximum atomic E-state index is 4.81. The number of pyridine rings is 1. The molecule has 0 saturated carbocycles. The van der Waals surface area contributed by atoms with Crippen molar-refractivity contribution in [3.63, 3.8) is 0 Å². The molecule has 1 aromatic heterocycles. The lowest BCUT2D eigenvalue weighted by atomic mass is 9.83. The van der Waals surface area contributed by atoms with E-state index in [4.69, 9.17) is 4.98 Å². The van der Waals surface area contributed by atoms with Gasteiger partial charge in [-0.2, -0.15) is 0 Å². The molecule has 11 rings (SSSR count). The summed E-state index contributed by atoms with van der Waals surface area (Å²) in [4.78, 5) is 4.81. The van der Waals surface area contributed by atoms with E-state index < -0.39 is 0 Å². The van der Waals surface area contributed by atoms with Gasteiger partial charge in [-0.05, 0) is 105 Å². The van der Waals surface area contributed by atoms with Crippen molar-refractivity contribution in [3.8, 4) is 44.5 Å². The molecule has 0 aliphatic rings. The number of hydrogen-bond acceptors (Lipinski definition) is 1. The van der Waals surface area contributed by atoms with Gasteiger partial charge in [0, 0.05) is 17.0 Å². The van der Waals surface area contributed by atoms with E-state index in [1.165, 1.54) is 98.4 Å². The zero-order valence-electron chi connectivity index (χ0n) is 29.5. The molecule has 0 spiro atoms. The molecule has 0 radical (unpaired) electrons. The van der Waals surface area contributed by atoms with E-state index in [-0.39, 0.29) is 0 Å². The molecular formula is C53H33N. The second-order valence-corrected chi connectivity index (χ2v) is 14.2. The average Bonchev–Trinajstić information content (AvgIpc) is 3.25. The van der Waals surface area contributed by atoms with E-state index in [9.17, 15) is 0 Å². The summed E-state index contributed by atoms with van der Waals surface area (Å²) in [6.07, 6.45) is 1.89. The maximum absolute atomic E-state index is 4.81. The molecule has 10 aromatic carbocycles. The highest BCUT2D eigenvalue weighted by atomic mass is 14.6. The highest BCUT2D eigenvalue weighted by molar-refractivity contribution is 6.25. The number of nitrogens with zero attached hydrogens (tertiary/aromatic N) is 1. The summed E-state index contributed by atoms with van der Waals surface area (Å²) in [5.41, 5.74) is 10.9. The standard InChI is InChI=1S/C53H33N/c1-3-17-41-35(11-1)13-7-22-44(41)51-46-19-5-6-20-47(46)52(45-23-8-14-36-12-2-4-18-42(36)45)49-33-40(30-31-48(49)51)34-24-26-37(27-25-34)43-21-9-15-38-28-29-39-16-10-32-54-53(39)50(38)43/h1-33H. The summed E-state index contributed by atoms with van der Waals surface area (Å²) in [7, 11) is 0. The first kappa shape index (κ1) is 30.5. The topological polar surface area (TPSA) is 12.9 Å². The van der Waals surface area contributed by atoms with Crippen LogP contribution in [0.2, 0.25) is 0 Å². The number of benzene rings is 10. The van der Waals surface area contributed by atoms with E-state index in [0.717, 1.165) is 10.9 Å². The van der Waals surface area contributed by atoms with Crippen LogP contribution < -0.4 is 0 Å². The predicted molar refractivity (Wildman–Crippen MR) is 231 cm³/mol. The second-order valence-electron chi connectivity index (χ2n) is 14.2. The lowest BCUT2D eigenvalue weighted by Crippen LogP contribution is -1.93. The molecule has 0 aliphatic heterocycles. The number of aromatic nitrogens is 1. The van der Waals surface area contributed by atoms with Gasteiger partial charge >= 0.3 is 0 Å². The minimum absolute atomic E-state index is 1.04. The first-order chi connectivity index (χ1) is 26.8. The lowest BCUT2D eigenvalue weighted by Gasteiger charge is -2.20. The molecule has 0 amide bonds. The molecule has 0 aliphatic carbocycles. The van der Waals surface area contributed by atoms with Gasteiger partial charge < -0.3 is 0 Å². The third-order valence-corrected chi connectivity index (χ3v) is 11.3. The van der Waals surface area contributed by atoms with Gasteiger partial charge in [0.25, 0.3) is 0 Å². The summed E-state index contributed by atoms with van der Waals surface area (Å²) in [6.45, 7) is 0. The fraction of sp³-hybridized carbons (Fsp3) is 0. The highest BCUT2D eigenvalue weighted by Crippen LogP contribution is 2.47. The molecule has 0 bridgehead atoms. The number of fused-ring (bicyclic) bond motifs is 7. The van der Waals surface area contributed by atoms with Crippen LogP contribution >= 0.6 is 0 Å². The fourth-order valence-corrected chi connectivity index (χ4v) is 8.82. The monoisotopic (exact) mass is 683 g/mol. The van der Waals surface area contributed by atoms with Crippen molar-refractivity contribution in [2.24, 2.45) is 0 Å². The van der Waals surface area contributed by atoms with Gasteiger partial charge in [0.05, 0.1) is 5.52 Å². The molecule has 1 nitrogen and oxygen atoms in total. The van der Waals surface area contributed by atoms with Crippen LogP contribution in [0.5, 0.6) is 0 Å². The Morgan fingerprint density at radius 3 is 1.44 bits per heavy atom. The number of rotatable bonds is 4. The molecule has 1 heteroatoms. The van der Waals surface area contributed by atoms with Gasteiger partial charge in [-0.15, -0.1) is 0 Å². The van der Waals surface area contributed by atoms with E-state index in [0.29, 0.717) is 0 Å². The van der Waals surface area contributed by atoms with Crippen molar-refractivity contribution in [1.29, 1.82) is 0 Å². The van der Waals surface area contributed by atoms with Crippen molar-refractivity contribution >= 4 is 64.8 Å². The Bertz CT molecular complexity index is 3250. The van der Waals surface area contributed by atoms with Crippen LogP contribution in [-0.2, 0) is 0 Å². The van der Waals surface area contributed by atoms with Crippen LogP contribution in [0, 0.1) is 0 Å². The summed E-state index contributed by atoms with van der Waals surface area (Å²) in [6, 6.07) is 71.2. The highest BCUT2D eigenvalue weighted by Gasteiger charge is 2.20. The third-order valence-electron chi connectivity index (χ3n) is 11.3. The molecule has 54 heavy (non-hydrogen) atoms. The second kappa shape index (κ2) is 12.3. The first-order valence-corrected chi connectivity index (χ1v) is 18.6. The third kappa shape index (κ3) is 4.76. The zero-order valence-corrected chi connectivity index (χ0v) is 29.5. The van der Waals surface area contributed by atoms with Gasteiger partial charge in [-0.1, -0.05) is 182 Å². The summed E-state index contributed by atoms with van der Waals surface area (Å²) in [5.74, 6) is 0. The normalized spacial score (nSPS) is 11.7. The van der Waals surface area contributed by atoms with E-state index >= 15 is 0 Å².